The van der Waals surface area contributed by atoms with E-state index in [1.165, 1.54) is 6.07 Å². The van der Waals surface area contributed by atoms with E-state index >= 15 is 0 Å². The number of aromatic nitrogens is 3. The highest BCUT2D eigenvalue weighted by atomic mass is 19.4. The summed E-state index contributed by atoms with van der Waals surface area (Å²) in [5.41, 5.74) is 1.35. The first-order valence-corrected chi connectivity index (χ1v) is 10.0. The van der Waals surface area contributed by atoms with Crippen molar-refractivity contribution in [3.63, 3.8) is 0 Å². The van der Waals surface area contributed by atoms with Crippen molar-refractivity contribution in [3.05, 3.63) is 71.7 Å². The van der Waals surface area contributed by atoms with Gasteiger partial charge in [0.25, 0.3) is 5.91 Å². The Balaban J connectivity index is 1.45. The molecule has 3 heterocycles. The van der Waals surface area contributed by atoms with E-state index in [9.17, 15) is 18.0 Å². The van der Waals surface area contributed by atoms with Crippen LogP contribution in [0.2, 0.25) is 0 Å². The molecule has 1 amide bonds. The van der Waals surface area contributed by atoms with Crippen molar-refractivity contribution in [2.75, 3.05) is 31.1 Å². The molecule has 0 spiro atoms. The molecule has 1 aliphatic heterocycles. The van der Waals surface area contributed by atoms with Crippen LogP contribution in [-0.4, -0.2) is 51.8 Å². The average molecular weight is 429 g/mol. The highest BCUT2D eigenvalue weighted by molar-refractivity contribution is 5.92. The third-order valence-corrected chi connectivity index (χ3v) is 5.29. The zero-order valence-electron chi connectivity index (χ0n) is 17.0. The molecule has 31 heavy (non-hydrogen) atoms. The van der Waals surface area contributed by atoms with E-state index in [1.807, 2.05) is 42.2 Å². The topological polar surface area (TPSA) is 54.3 Å². The minimum Gasteiger partial charge on any atom is -0.355 e. The summed E-state index contributed by atoms with van der Waals surface area (Å²) in [5.74, 6) is 0.325. The highest BCUT2D eigenvalue weighted by Gasteiger charge is 2.31. The number of benzene rings is 1. The number of carbonyl (C=O) groups is 1. The first-order valence-electron chi connectivity index (χ1n) is 10.0. The number of alkyl halides is 3. The van der Waals surface area contributed by atoms with Gasteiger partial charge in [-0.15, -0.1) is 0 Å². The van der Waals surface area contributed by atoms with Crippen LogP contribution < -0.4 is 4.90 Å². The van der Waals surface area contributed by atoms with Gasteiger partial charge in [0.1, 0.15) is 5.82 Å². The van der Waals surface area contributed by atoms with Gasteiger partial charge < -0.3 is 9.80 Å². The van der Waals surface area contributed by atoms with E-state index in [4.69, 9.17) is 0 Å². The van der Waals surface area contributed by atoms with Gasteiger partial charge in [-0.3, -0.25) is 4.79 Å². The first kappa shape index (κ1) is 20.9. The average Bonchev–Trinajstić information content (AvgIpc) is 2.99. The zero-order valence-corrected chi connectivity index (χ0v) is 17.0. The predicted molar refractivity (Wildman–Crippen MR) is 110 cm³/mol. The van der Waals surface area contributed by atoms with Crippen molar-refractivity contribution >= 4 is 11.7 Å². The summed E-state index contributed by atoms with van der Waals surface area (Å²) in [6.07, 6.45) is -2.87. The third kappa shape index (κ3) is 4.55. The van der Waals surface area contributed by atoms with E-state index in [2.05, 4.69) is 10.1 Å². The molecule has 0 saturated carbocycles. The Morgan fingerprint density at radius 2 is 1.77 bits per heavy atom. The summed E-state index contributed by atoms with van der Waals surface area (Å²) in [5, 5.41) is 4.49. The molecule has 1 fully saturated rings. The van der Waals surface area contributed by atoms with Gasteiger partial charge in [0.15, 0.2) is 5.69 Å². The Morgan fingerprint density at radius 3 is 2.45 bits per heavy atom. The van der Waals surface area contributed by atoms with Crippen molar-refractivity contribution in [2.45, 2.75) is 19.5 Å². The molecule has 0 bridgehead atoms. The van der Waals surface area contributed by atoms with Gasteiger partial charge in [-0.25, -0.2) is 9.67 Å². The van der Waals surface area contributed by atoms with Crippen molar-refractivity contribution in [2.24, 2.45) is 0 Å². The lowest BCUT2D eigenvalue weighted by Gasteiger charge is -2.22. The lowest BCUT2D eigenvalue weighted by molar-refractivity contribution is -0.137. The van der Waals surface area contributed by atoms with Crippen molar-refractivity contribution in [3.8, 4) is 5.69 Å². The lowest BCUT2D eigenvalue weighted by atomic mass is 10.2. The van der Waals surface area contributed by atoms with E-state index in [1.54, 1.807) is 15.6 Å². The third-order valence-electron chi connectivity index (χ3n) is 5.29. The van der Waals surface area contributed by atoms with Gasteiger partial charge >= 0.3 is 6.18 Å². The van der Waals surface area contributed by atoms with Crippen LogP contribution in [-0.2, 0) is 6.18 Å². The maximum Gasteiger partial charge on any atom is 0.417 e. The minimum atomic E-state index is -4.41. The van der Waals surface area contributed by atoms with Crippen LogP contribution >= 0.6 is 0 Å². The molecule has 1 aliphatic rings. The zero-order chi connectivity index (χ0) is 22.0. The number of amides is 1. The molecule has 1 aromatic carbocycles. The highest BCUT2D eigenvalue weighted by Crippen LogP contribution is 2.29. The monoisotopic (exact) mass is 429 g/mol. The number of hydrogen-bond acceptors (Lipinski definition) is 4. The molecule has 0 N–H and O–H groups in total. The maximum absolute atomic E-state index is 13.0. The normalized spacial score (nSPS) is 15.1. The largest absolute Gasteiger partial charge is 0.417 e. The Labute approximate surface area is 177 Å². The van der Waals surface area contributed by atoms with Crippen LogP contribution in [0.3, 0.4) is 0 Å². The van der Waals surface area contributed by atoms with E-state index in [-0.39, 0.29) is 5.91 Å². The summed E-state index contributed by atoms with van der Waals surface area (Å²) < 4.78 is 40.0. The van der Waals surface area contributed by atoms with Gasteiger partial charge in [-0.1, -0.05) is 18.2 Å². The Bertz CT molecular complexity index is 1050. The van der Waals surface area contributed by atoms with Gasteiger partial charge in [0, 0.05) is 38.1 Å². The second-order valence-electron chi connectivity index (χ2n) is 7.45. The van der Waals surface area contributed by atoms with Crippen LogP contribution in [0.5, 0.6) is 0 Å². The van der Waals surface area contributed by atoms with Crippen LogP contribution in [0.25, 0.3) is 5.69 Å². The Kier molecular flexibility index (Phi) is 5.67. The second kappa shape index (κ2) is 8.41. The van der Waals surface area contributed by atoms with Crippen LogP contribution in [0.15, 0.2) is 54.7 Å². The van der Waals surface area contributed by atoms with Crippen LogP contribution in [0.1, 0.15) is 28.2 Å². The van der Waals surface area contributed by atoms with Gasteiger partial charge in [0.05, 0.1) is 11.3 Å². The number of halogens is 3. The van der Waals surface area contributed by atoms with E-state index < -0.39 is 11.7 Å². The minimum absolute atomic E-state index is 0.153. The quantitative estimate of drug-likeness (QED) is 0.633. The molecular formula is C22H22F3N5O. The smallest absolute Gasteiger partial charge is 0.355 e. The molecule has 0 radical (unpaired) electrons. The second-order valence-corrected chi connectivity index (χ2v) is 7.45. The molecule has 162 valence electrons. The standard InChI is InChI=1S/C22H22F3N5O/c1-16-14-19(27-30(16)18-6-3-2-4-7-18)21(31)29-11-5-10-28(12-13-29)20-9-8-17(15-26-20)22(23,24)25/h2-4,6-9,14-15H,5,10-13H2,1H3. The molecule has 6 nitrogen and oxygen atoms in total. The van der Waals surface area contributed by atoms with Crippen molar-refractivity contribution in [1.82, 2.24) is 19.7 Å². The summed E-state index contributed by atoms with van der Waals surface area (Å²) in [6, 6.07) is 13.8. The fraction of sp³-hybridized carbons (Fsp3) is 0.318. The molecule has 1 saturated heterocycles. The molecule has 2 aromatic heterocycles. The maximum atomic E-state index is 13.0. The molecule has 4 rings (SSSR count). The first-order chi connectivity index (χ1) is 14.8. The molecular weight excluding hydrogens is 407 g/mol. The fourth-order valence-corrected chi connectivity index (χ4v) is 3.66. The SMILES string of the molecule is Cc1cc(C(=O)N2CCCN(c3ccc(C(F)(F)F)cn3)CC2)nn1-c1ccccc1. The lowest BCUT2D eigenvalue weighted by Crippen LogP contribution is -2.35. The number of anilines is 1. The summed E-state index contributed by atoms with van der Waals surface area (Å²) in [6.45, 7) is 3.99. The number of rotatable bonds is 3. The Morgan fingerprint density at radius 1 is 1.00 bits per heavy atom. The number of para-hydroxylation sites is 1. The number of nitrogens with zero attached hydrogens (tertiary/aromatic N) is 5. The molecule has 0 unspecified atom stereocenters. The van der Waals surface area contributed by atoms with Gasteiger partial charge in [0.2, 0.25) is 0 Å². The molecule has 0 aliphatic carbocycles. The number of pyridine rings is 1. The van der Waals surface area contributed by atoms with E-state index in [0.29, 0.717) is 44.1 Å². The van der Waals surface area contributed by atoms with Crippen molar-refractivity contribution in [1.29, 1.82) is 0 Å². The molecule has 9 heteroatoms. The Hall–Kier alpha value is -3.36. The predicted octanol–water partition coefficient (Wildman–Crippen LogP) is 3.95. The number of aryl methyl sites for hydroxylation is 1. The fourth-order valence-electron chi connectivity index (χ4n) is 3.66. The van der Waals surface area contributed by atoms with Gasteiger partial charge in [-0.05, 0) is 43.7 Å². The van der Waals surface area contributed by atoms with Gasteiger partial charge in [-0.2, -0.15) is 18.3 Å². The van der Waals surface area contributed by atoms with Crippen molar-refractivity contribution < 1.29 is 18.0 Å². The van der Waals surface area contributed by atoms with E-state index in [0.717, 1.165) is 23.6 Å². The summed E-state index contributed by atoms with van der Waals surface area (Å²) in [7, 11) is 0. The number of hydrogen-bond donors (Lipinski definition) is 0. The van der Waals surface area contributed by atoms with Crippen LogP contribution in [0, 0.1) is 6.92 Å². The summed E-state index contributed by atoms with van der Waals surface area (Å²) in [4.78, 5) is 20.7. The number of carbonyl (C=O) groups excluding carboxylic acids is 1. The van der Waals surface area contributed by atoms with Crippen LogP contribution in [0.4, 0.5) is 19.0 Å². The molecule has 3 aromatic rings. The molecule has 0 atom stereocenters. The summed E-state index contributed by atoms with van der Waals surface area (Å²) >= 11 is 0.